The lowest BCUT2D eigenvalue weighted by molar-refractivity contribution is -0.121. The third-order valence-electron chi connectivity index (χ3n) is 2.60. The van der Waals surface area contributed by atoms with Crippen LogP contribution in [0.5, 0.6) is 0 Å². The Morgan fingerprint density at radius 2 is 2.20 bits per heavy atom. The summed E-state index contributed by atoms with van der Waals surface area (Å²) in [5.41, 5.74) is -0.00281. The summed E-state index contributed by atoms with van der Waals surface area (Å²) in [6.45, 7) is 3.71. The summed E-state index contributed by atoms with van der Waals surface area (Å²) in [6, 6.07) is 3.00. The Bertz CT molecular complexity index is 740. The van der Waals surface area contributed by atoms with Gasteiger partial charge in [-0.1, -0.05) is 29.3 Å². The summed E-state index contributed by atoms with van der Waals surface area (Å²) >= 11 is 11.8. The number of carbonyl (C=O) groups excluding carboxylic acids is 1. The van der Waals surface area contributed by atoms with Crippen molar-refractivity contribution >= 4 is 40.0 Å². The summed E-state index contributed by atoms with van der Waals surface area (Å²) < 4.78 is 1.20. The van der Waals surface area contributed by atoms with Crippen LogP contribution in [0.4, 0.5) is 0 Å². The zero-order valence-corrected chi connectivity index (χ0v) is 11.9. The lowest BCUT2D eigenvalue weighted by Crippen LogP contribution is -2.32. The molecular formula is C13H11Cl2N3O2. The predicted octanol–water partition coefficient (Wildman–Crippen LogP) is 2.01. The maximum Gasteiger partial charge on any atom is 0.261 e. The lowest BCUT2D eigenvalue weighted by atomic mass is 10.2. The predicted molar refractivity (Wildman–Crippen MR) is 79.2 cm³/mol. The van der Waals surface area contributed by atoms with E-state index in [1.165, 1.54) is 23.0 Å². The fourth-order valence-electron chi connectivity index (χ4n) is 1.70. The molecule has 0 bridgehead atoms. The highest BCUT2D eigenvalue weighted by molar-refractivity contribution is 6.38. The molecule has 0 radical (unpaired) electrons. The summed E-state index contributed by atoms with van der Waals surface area (Å²) in [6.07, 6.45) is 2.84. The van der Waals surface area contributed by atoms with E-state index in [-0.39, 0.29) is 23.4 Å². The summed E-state index contributed by atoms with van der Waals surface area (Å²) in [4.78, 5) is 27.9. The number of amides is 1. The molecule has 1 aromatic carbocycles. The van der Waals surface area contributed by atoms with Crippen LogP contribution in [-0.4, -0.2) is 22.0 Å². The minimum absolute atomic E-state index is 0.125. The Labute approximate surface area is 124 Å². The number of carbonyl (C=O) groups is 1. The van der Waals surface area contributed by atoms with Crippen molar-refractivity contribution in [2.45, 2.75) is 6.54 Å². The minimum atomic E-state index is -0.367. The van der Waals surface area contributed by atoms with Crippen LogP contribution < -0.4 is 10.9 Å². The zero-order chi connectivity index (χ0) is 14.7. The van der Waals surface area contributed by atoms with Crippen molar-refractivity contribution in [2.24, 2.45) is 0 Å². The van der Waals surface area contributed by atoms with Crippen molar-refractivity contribution in [1.82, 2.24) is 14.9 Å². The second-order valence-electron chi connectivity index (χ2n) is 4.05. The van der Waals surface area contributed by atoms with Crippen molar-refractivity contribution < 1.29 is 4.79 Å². The average molecular weight is 312 g/mol. The van der Waals surface area contributed by atoms with Gasteiger partial charge in [-0.05, 0) is 12.1 Å². The molecule has 1 heterocycles. The van der Waals surface area contributed by atoms with Crippen molar-refractivity contribution in [3.8, 4) is 0 Å². The van der Waals surface area contributed by atoms with Crippen LogP contribution in [0.25, 0.3) is 10.9 Å². The average Bonchev–Trinajstić information content (AvgIpc) is 2.40. The lowest BCUT2D eigenvalue weighted by Gasteiger charge is -2.07. The zero-order valence-electron chi connectivity index (χ0n) is 10.4. The Kier molecular flexibility index (Phi) is 4.42. The number of rotatable bonds is 4. The van der Waals surface area contributed by atoms with Gasteiger partial charge in [0.15, 0.2) is 0 Å². The standard InChI is InChI=1S/C13H11Cl2N3O2/c1-2-3-16-11(19)6-18-7-17-12-9(13(18)20)4-8(14)5-10(12)15/h2,4-5,7H,1,3,6H2,(H,16,19). The molecular weight excluding hydrogens is 301 g/mol. The van der Waals surface area contributed by atoms with Crippen molar-refractivity contribution in [3.63, 3.8) is 0 Å². The van der Waals surface area contributed by atoms with Gasteiger partial charge in [-0.3, -0.25) is 14.2 Å². The number of hydrogen-bond donors (Lipinski definition) is 1. The van der Waals surface area contributed by atoms with E-state index in [0.717, 1.165) is 0 Å². The first kappa shape index (κ1) is 14.6. The molecule has 7 heteroatoms. The molecule has 0 aliphatic heterocycles. The number of halogens is 2. The quantitative estimate of drug-likeness (QED) is 0.878. The maximum absolute atomic E-state index is 12.2. The first-order valence-corrected chi connectivity index (χ1v) is 6.50. The molecule has 0 spiro atoms. The van der Waals surface area contributed by atoms with E-state index in [9.17, 15) is 9.59 Å². The molecule has 20 heavy (non-hydrogen) atoms. The van der Waals surface area contributed by atoms with Crippen LogP contribution in [-0.2, 0) is 11.3 Å². The molecule has 0 aliphatic rings. The largest absolute Gasteiger partial charge is 0.351 e. The van der Waals surface area contributed by atoms with E-state index in [1.54, 1.807) is 6.08 Å². The molecule has 1 N–H and O–H groups in total. The van der Waals surface area contributed by atoms with E-state index in [1.807, 2.05) is 0 Å². The van der Waals surface area contributed by atoms with E-state index in [4.69, 9.17) is 23.2 Å². The highest BCUT2D eigenvalue weighted by Crippen LogP contribution is 2.23. The Morgan fingerprint density at radius 3 is 2.90 bits per heavy atom. The number of nitrogens with one attached hydrogen (secondary N) is 1. The van der Waals surface area contributed by atoms with Gasteiger partial charge >= 0.3 is 0 Å². The van der Waals surface area contributed by atoms with Gasteiger partial charge in [-0.15, -0.1) is 6.58 Å². The van der Waals surface area contributed by atoms with Crippen molar-refractivity contribution in [3.05, 3.63) is 51.5 Å². The smallest absolute Gasteiger partial charge is 0.261 e. The Morgan fingerprint density at radius 1 is 1.45 bits per heavy atom. The summed E-state index contributed by atoms with van der Waals surface area (Å²) in [5.74, 6) is -0.304. The Hall–Kier alpha value is -1.85. The first-order chi connectivity index (χ1) is 9.52. The third kappa shape index (κ3) is 3.00. The monoisotopic (exact) mass is 311 g/mol. The molecule has 0 atom stereocenters. The number of hydrogen-bond acceptors (Lipinski definition) is 3. The third-order valence-corrected chi connectivity index (χ3v) is 3.11. The molecule has 1 aromatic heterocycles. The molecule has 0 aliphatic carbocycles. The van der Waals surface area contributed by atoms with Gasteiger partial charge in [0.1, 0.15) is 6.54 Å². The molecule has 0 unspecified atom stereocenters. The molecule has 0 fully saturated rings. The fraction of sp³-hybridized carbons (Fsp3) is 0.154. The normalized spacial score (nSPS) is 10.5. The van der Waals surface area contributed by atoms with E-state index >= 15 is 0 Å². The van der Waals surface area contributed by atoms with Gasteiger partial charge in [0, 0.05) is 11.6 Å². The van der Waals surface area contributed by atoms with Crippen molar-refractivity contribution in [1.29, 1.82) is 0 Å². The highest BCUT2D eigenvalue weighted by Gasteiger charge is 2.10. The summed E-state index contributed by atoms with van der Waals surface area (Å²) in [5, 5.41) is 3.50. The number of fused-ring (bicyclic) bond motifs is 1. The molecule has 5 nitrogen and oxygen atoms in total. The van der Waals surface area contributed by atoms with Crippen LogP contribution in [0.15, 0.2) is 35.9 Å². The van der Waals surface area contributed by atoms with Gasteiger partial charge in [-0.2, -0.15) is 0 Å². The van der Waals surface area contributed by atoms with Crippen LogP contribution in [0.3, 0.4) is 0 Å². The maximum atomic E-state index is 12.2. The number of nitrogens with zero attached hydrogens (tertiary/aromatic N) is 2. The van der Waals surface area contributed by atoms with Crippen LogP contribution in [0.1, 0.15) is 0 Å². The fourth-order valence-corrected chi connectivity index (χ4v) is 2.25. The molecule has 104 valence electrons. The SMILES string of the molecule is C=CCNC(=O)Cn1cnc2c(Cl)cc(Cl)cc2c1=O. The topological polar surface area (TPSA) is 64.0 Å². The van der Waals surface area contributed by atoms with E-state index in [2.05, 4.69) is 16.9 Å². The molecule has 2 rings (SSSR count). The molecule has 2 aromatic rings. The van der Waals surface area contributed by atoms with Gasteiger partial charge in [0.25, 0.3) is 5.56 Å². The molecule has 1 amide bonds. The van der Waals surface area contributed by atoms with Crippen LogP contribution in [0, 0.1) is 0 Å². The second-order valence-corrected chi connectivity index (χ2v) is 4.90. The molecule has 0 saturated heterocycles. The van der Waals surface area contributed by atoms with Gasteiger partial charge in [0.05, 0.1) is 22.3 Å². The van der Waals surface area contributed by atoms with E-state index in [0.29, 0.717) is 22.1 Å². The minimum Gasteiger partial charge on any atom is -0.351 e. The van der Waals surface area contributed by atoms with Crippen molar-refractivity contribution in [2.75, 3.05) is 6.54 Å². The van der Waals surface area contributed by atoms with Gasteiger partial charge in [-0.25, -0.2) is 4.98 Å². The summed E-state index contributed by atoms with van der Waals surface area (Å²) in [7, 11) is 0. The Balaban J connectivity index is 2.42. The first-order valence-electron chi connectivity index (χ1n) is 5.74. The van der Waals surface area contributed by atoms with Gasteiger partial charge < -0.3 is 5.32 Å². The van der Waals surface area contributed by atoms with Crippen LogP contribution in [0.2, 0.25) is 10.0 Å². The number of aromatic nitrogens is 2. The second kappa shape index (κ2) is 6.07. The van der Waals surface area contributed by atoms with E-state index < -0.39 is 0 Å². The highest BCUT2D eigenvalue weighted by atomic mass is 35.5. The molecule has 0 saturated carbocycles. The van der Waals surface area contributed by atoms with Gasteiger partial charge in [0.2, 0.25) is 5.91 Å². The van der Waals surface area contributed by atoms with Crippen LogP contribution >= 0.6 is 23.2 Å². The number of benzene rings is 1.